The molecule has 0 aliphatic carbocycles. The standard InChI is InChI=1S/C14H26N2O2/c1-3-7-15-12-5-4-8-16(10-12)14(17)13-6-9-18-11(13)2/h11-13,15H,3-10H2,1-2H3. The van der Waals surface area contributed by atoms with E-state index in [-0.39, 0.29) is 12.0 Å². The second-order valence-electron chi connectivity index (χ2n) is 5.55. The highest BCUT2D eigenvalue weighted by Gasteiger charge is 2.35. The van der Waals surface area contributed by atoms with Gasteiger partial charge in [-0.05, 0) is 39.2 Å². The third-order valence-electron chi connectivity index (χ3n) is 4.11. The molecule has 1 N–H and O–H groups in total. The number of carbonyl (C=O) groups is 1. The van der Waals surface area contributed by atoms with Crippen LogP contribution in [0.3, 0.4) is 0 Å². The first-order chi connectivity index (χ1) is 8.72. The lowest BCUT2D eigenvalue weighted by molar-refractivity contribution is -0.138. The number of amides is 1. The lowest BCUT2D eigenvalue weighted by atomic mass is 9.98. The van der Waals surface area contributed by atoms with Crippen molar-refractivity contribution in [3.05, 3.63) is 0 Å². The molecule has 2 aliphatic rings. The van der Waals surface area contributed by atoms with Gasteiger partial charge in [-0.25, -0.2) is 0 Å². The first-order valence-electron chi connectivity index (χ1n) is 7.36. The van der Waals surface area contributed by atoms with E-state index in [4.69, 9.17) is 4.74 Å². The van der Waals surface area contributed by atoms with Gasteiger partial charge in [0, 0.05) is 25.7 Å². The van der Waals surface area contributed by atoms with E-state index in [0.29, 0.717) is 11.9 Å². The quantitative estimate of drug-likeness (QED) is 0.824. The fraction of sp³-hybridized carbons (Fsp3) is 0.929. The average Bonchev–Trinajstić information content (AvgIpc) is 2.82. The van der Waals surface area contributed by atoms with Crippen LogP contribution in [-0.4, -0.2) is 49.2 Å². The summed E-state index contributed by atoms with van der Waals surface area (Å²) < 4.78 is 5.51. The van der Waals surface area contributed by atoms with Crippen LogP contribution in [0.4, 0.5) is 0 Å². The fourth-order valence-corrected chi connectivity index (χ4v) is 2.98. The van der Waals surface area contributed by atoms with E-state index in [1.807, 2.05) is 11.8 Å². The SMILES string of the molecule is CCCNC1CCCN(C(=O)C2CCOC2C)C1. The van der Waals surface area contributed by atoms with Crippen molar-refractivity contribution < 1.29 is 9.53 Å². The zero-order valence-electron chi connectivity index (χ0n) is 11.7. The Bertz CT molecular complexity index is 283. The summed E-state index contributed by atoms with van der Waals surface area (Å²) in [4.78, 5) is 14.5. The van der Waals surface area contributed by atoms with E-state index in [0.717, 1.165) is 45.5 Å². The first kappa shape index (κ1) is 13.8. The molecule has 4 nitrogen and oxygen atoms in total. The van der Waals surface area contributed by atoms with Crippen LogP contribution in [0.15, 0.2) is 0 Å². The summed E-state index contributed by atoms with van der Waals surface area (Å²) in [6, 6.07) is 0.486. The molecule has 0 aromatic heterocycles. The van der Waals surface area contributed by atoms with Crippen LogP contribution in [0.1, 0.15) is 39.5 Å². The van der Waals surface area contributed by atoms with Gasteiger partial charge < -0.3 is 15.0 Å². The van der Waals surface area contributed by atoms with Crippen molar-refractivity contribution in [2.75, 3.05) is 26.2 Å². The van der Waals surface area contributed by atoms with Crippen molar-refractivity contribution in [3.8, 4) is 0 Å². The molecule has 0 aromatic carbocycles. The molecule has 104 valence electrons. The highest BCUT2D eigenvalue weighted by atomic mass is 16.5. The Kier molecular flexibility index (Phi) is 5.01. The topological polar surface area (TPSA) is 41.6 Å². The number of carbonyl (C=O) groups excluding carboxylic acids is 1. The number of hydrogen-bond donors (Lipinski definition) is 1. The number of nitrogens with zero attached hydrogens (tertiary/aromatic N) is 1. The largest absolute Gasteiger partial charge is 0.378 e. The van der Waals surface area contributed by atoms with Gasteiger partial charge in [-0.1, -0.05) is 6.92 Å². The molecule has 18 heavy (non-hydrogen) atoms. The maximum absolute atomic E-state index is 12.4. The Morgan fingerprint density at radius 3 is 2.94 bits per heavy atom. The summed E-state index contributed by atoms with van der Waals surface area (Å²) in [6.45, 7) is 7.79. The maximum atomic E-state index is 12.4. The van der Waals surface area contributed by atoms with Gasteiger partial charge in [-0.15, -0.1) is 0 Å². The van der Waals surface area contributed by atoms with Crippen LogP contribution < -0.4 is 5.32 Å². The molecule has 0 saturated carbocycles. The second-order valence-corrected chi connectivity index (χ2v) is 5.55. The van der Waals surface area contributed by atoms with E-state index in [1.54, 1.807) is 0 Å². The molecule has 4 heteroatoms. The zero-order valence-corrected chi connectivity index (χ0v) is 11.7. The molecule has 2 saturated heterocycles. The highest BCUT2D eigenvalue weighted by Crippen LogP contribution is 2.24. The van der Waals surface area contributed by atoms with Gasteiger partial charge in [0.1, 0.15) is 0 Å². The minimum Gasteiger partial charge on any atom is -0.378 e. The summed E-state index contributed by atoms with van der Waals surface area (Å²) in [7, 11) is 0. The minimum absolute atomic E-state index is 0.0925. The molecule has 0 bridgehead atoms. The average molecular weight is 254 g/mol. The van der Waals surface area contributed by atoms with Crippen molar-refractivity contribution in [1.29, 1.82) is 0 Å². The lowest BCUT2D eigenvalue weighted by Crippen LogP contribution is -2.50. The molecule has 0 radical (unpaired) electrons. The summed E-state index contributed by atoms with van der Waals surface area (Å²) >= 11 is 0. The summed E-state index contributed by atoms with van der Waals surface area (Å²) in [6.07, 6.45) is 4.46. The van der Waals surface area contributed by atoms with Crippen molar-refractivity contribution in [2.45, 2.75) is 51.7 Å². The molecule has 3 atom stereocenters. The van der Waals surface area contributed by atoms with Gasteiger partial charge in [-0.3, -0.25) is 4.79 Å². The number of piperidine rings is 1. The molecule has 2 heterocycles. The van der Waals surface area contributed by atoms with E-state index < -0.39 is 0 Å². The fourth-order valence-electron chi connectivity index (χ4n) is 2.98. The molecule has 2 aliphatic heterocycles. The van der Waals surface area contributed by atoms with Crippen LogP contribution in [-0.2, 0) is 9.53 Å². The Labute approximate surface area is 110 Å². The van der Waals surface area contributed by atoms with Gasteiger partial charge in [0.15, 0.2) is 0 Å². The van der Waals surface area contributed by atoms with Crippen LogP contribution in [0.5, 0.6) is 0 Å². The molecule has 2 fully saturated rings. The van der Waals surface area contributed by atoms with Crippen molar-refractivity contribution in [2.24, 2.45) is 5.92 Å². The molecular weight excluding hydrogens is 228 g/mol. The molecule has 1 amide bonds. The normalized spacial score (nSPS) is 32.8. The van der Waals surface area contributed by atoms with Crippen LogP contribution in [0.2, 0.25) is 0 Å². The van der Waals surface area contributed by atoms with Crippen LogP contribution in [0, 0.1) is 5.92 Å². The maximum Gasteiger partial charge on any atom is 0.228 e. The molecule has 2 rings (SSSR count). The zero-order chi connectivity index (χ0) is 13.0. The number of hydrogen-bond acceptors (Lipinski definition) is 3. The Morgan fingerprint density at radius 2 is 2.28 bits per heavy atom. The Hall–Kier alpha value is -0.610. The van der Waals surface area contributed by atoms with Gasteiger partial charge in [0.25, 0.3) is 0 Å². The molecule has 0 spiro atoms. The van der Waals surface area contributed by atoms with Crippen LogP contribution in [0.25, 0.3) is 0 Å². The molecule has 3 unspecified atom stereocenters. The number of likely N-dealkylation sites (tertiary alicyclic amines) is 1. The summed E-state index contributed by atoms with van der Waals surface area (Å²) in [5, 5.41) is 3.53. The van der Waals surface area contributed by atoms with E-state index in [1.165, 1.54) is 6.42 Å². The third kappa shape index (κ3) is 3.23. The van der Waals surface area contributed by atoms with E-state index in [9.17, 15) is 4.79 Å². The van der Waals surface area contributed by atoms with Gasteiger partial charge in [-0.2, -0.15) is 0 Å². The Morgan fingerprint density at radius 1 is 1.44 bits per heavy atom. The number of nitrogens with one attached hydrogen (secondary N) is 1. The monoisotopic (exact) mass is 254 g/mol. The van der Waals surface area contributed by atoms with Crippen molar-refractivity contribution >= 4 is 5.91 Å². The van der Waals surface area contributed by atoms with E-state index >= 15 is 0 Å². The molecular formula is C14H26N2O2. The van der Waals surface area contributed by atoms with Crippen molar-refractivity contribution in [3.63, 3.8) is 0 Å². The predicted octanol–water partition coefficient (Wildman–Crippen LogP) is 1.40. The number of rotatable bonds is 4. The third-order valence-corrected chi connectivity index (χ3v) is 4.11. The van der Waals surface area contributed by atoms with Gasteiger partial charge in [0.05, 0.1) is 12.0 Å². The van der Waals surface area contributed by atoms with Gasteiger partial charge in [0.2, 0.25) is 5.91 Å². The summed E-state index contributed by atoms with van der Waals surface area (Å²) in [5.74, 6) is 0.401. The van der Waals surface area contributed by atoms with Crippen molar-refractivity contribution in [1.82, 2.24) is 10.2 Å². The Balaban J connectivity index is 1.85. The summed E-state index contributed by atoms with van der Waals surface area (Å²) in [5.41, 5.74) is 0. The first-order valence-corrected chi connectivity index (χ1v) is 7.36. The van der Waals surface area contributed by atoms with Gasteiger partial charge >= 0.3 is 0 Å². The van der Waals surface area contributed by atoms with Crippen LogP contribution >= 0.6 is 0 Å². The predicted molar refractivity (Wildman–Crippen MR) is 71.4 cm³/mol. The second kappa shape index (κ2) is 6.53. The smallest absolute Gasteiger partial charge is 0.228 e. The van der Waals surface area contributed by atoms with E-state index in [2.05, 4.69) is 12.2 Å². The minimum atomic E-state index is 0.0925. The lowest BCUT2D eigenvalue weighted by Gasteiger charge is -2.35. The highest BCUT2D eigenvalue weighted by molar-refractivity contribution is 5.79. The molecule has 0 aromatic rings. The number of ether oxygens (including phenoxy) is 1.